The van der Waals surface area contributed by atoms with Gasteiger partial charge in [-0.25, -0.2) is 0 Å². The van der Waals surface area contributed by atoms with Gasteiger partial charge in [0, 0.05) is 11.6 Å². The fourth-order valence-corrected chi connectivity index (χ4v) is 2.72. The fraction of sp³-hybridized carbons (Fsp3) is 0.381. The molecular formula is C21H26ClNO2. The highest BCUT2D eigenvalue weighted by Crippen LogP contribution is 2.19. The second-order valence-corrected chi connectivity index (χ2v) is 6.85. The van der Waals surface area contributed by atoms with Gasteiger partial charge in [-0.3, -0.25) is 4.79 Å². The maximum atomic E-state index is 12.3. The predicted octanol–water partition coefficient (Wildman–Crippen LogP) is 4.98. The molecule has 1 atom stereocenters. The van der Waals surface area contributed by atoms with Crippen LogP contribution in [-0.2, 0) is 11.2 Å². The summed E-state index contributed by atoms with van der Waals surface area (Å²) in [5.41, 5.74) is 2.54. The van der Waals surface area contributed by atoms with Crippen LogP contribution >= 0.6 is 11.6 Å². The van der Waals surface area contributed by atoms with Crippen LogP contribution in [0.15, 0.2) is 48.5 Å². The summed E-state index contributed by atoms with van der Waals surface area (Å²) in [6, 6.07) is 15.7. The van der Waals surface area contributed by atoms with Crippen LogP contribution in [0, 0.1) is 0 Å². The van der Waals surface area contributed by atoms with E-state index in [2.05, 4.69) is 43.4 Å². The van der Waals surface area contributed by atoms with Crippen LogP contribution in [0.25, 0.3) is 0 Å². The van der Waals surface area contributed by atoms with E-state index in [9.17, 15) is 4.79 Å². The Hall–Kier alpha value is -2.00. The first-order chi connectivity index (χ1) is 12.0. The van der Waals surface area contributed by atoms with Crippen molar-refractivity contribution >= 4 is 17.5 Å². The van der Waals surface area contributed by atoms with Crippen molar-refractivity contribution in [1.82, 2.24) is 5.32 Å². The van der Waals surface area contributed by atoms with Crippen molar-refractivity contribution in [3.63, 3.8) is 0 Å². The Labute approximate surface area is 155 Å². The van der Waals surface area contributed by atoms with E-state index in [0.29, 0.717) is 29.7 Å². The van der Waals surface area contributed by atoms with Gasteiger partial charge in [-0.1, -0.05) is 62.7 Å². The van der Waals surface area contributed by atoms with Gasteiger partial charge in [0.1, 0.15) is 5.75 Å². The Bertz CT molecular complexity index is 683. The van der Waals surface area contributed by atoms with Gasteiger partial charge in [-0.15, -0.1) is 0 Å². The molecule has 3 nitrogen and oxygen atoms in total. The number of amides is 1. The molecule has 2 aromatic rings. The Morgan fingerprint density at radius 2 is 1.88 bits per heavy atom. The van der Waals surface area contributed by atoms with Gasteiger partial charge in [0.05, 0.1) is 0 Å². The summed E-state index contributed by atoms with van der Waals surface area (Å²) in [5.74, 6) is 1.04. The number of hydrogen-bond acceptors (Lipinski definition) is 2. The van der Waals surface area contributed by atoms with Crippen molar-refractivity contribution in [2.75, 3.05) is 6.54 Å². The predicted molar refractivity (Wildman–Crippen MR) is 103 cm³/mol. The molecular weight excluding hydrogens is 334 g/mol. The molecule has 4 heteroatoms. The van der Waals surface area contributed by atoms with E-state index in [4.69, 9.17) is 16.3 Å². The minimum atomic E-state index is -0.512. The number of nitrogens with one attached hydrogen (secondary N) is 1. The van der Waals surface area contributed by atoms with E-state index in [1.54, 1.807) is 18.2 Å². The third kappa shape index (κ3) is 6.09. The lowest BCUT2D eigenvalue weighted by atomic mass is 10.0. The highest BCUT2D eigenvalue weighted by molar-refractivity contribution is 6.30. The summed E-state index contributed by atoms with van der Waals surface area (Å²) >= 11 is 5.95. The normalized spacial score (nSPS) is 12.0. The Morgan fingerprint density at radius 3 is 2.48 bits per heavy atom. The number of carbonyl (C=O) groups is 1. The largest absolute Gasteiger partial charge is 0.481 e. The van der Waals surface area contributed by atoms with E-state index in [-0.39, 0.29) is 5.91 Å². The second kappa shape index (κ2) is 9.47. The molecule has 25 heavy (non-hydrogen) atoms. The third-order valence-electron chi connectivity index (χ3n) is 4.10. The zero-order valence-electron chi connectivity index (χ0n) is 15.1. The minimum absolute atomic E-state index is 0.0960. The molecule has 0 unspecified atom stereocenters. The smallest absolute Gasteiger partial charge is 0.261 e. The summed E-state index contributed by atoms with van der Waals surface area (Å²) in [6.07, 6.45) is 0.890. The Balaban J connectivity index is 1.83. The van der Waals surface area contributed by atoms with Crippen molar-refractivity contribution in [3.05, 3.63) is 64.7 Å². The quantitative estimate of drug-likeness (QED) is 0.721. The molecule has 2 rings (SSSR count). The molecule has 0 radical (unpaired) electrons. The van der Waals surface area contributed by atoms with Crippen LogP contribution in [0.3, 0.4) is 0 Å². The molecule has 0 aliphatic heterocycles. The molecule has 1 N–H and O–H groups in total. The van der Waals surface area contributed by atoms with Gasteiger partial charge in [-0.2, -0.15) is 0 Å². The first-order valence-electron chi connectivity index (χ1n) is 8.78. The summed E-state index contributed by atoms with van der Waals surface area (Å²) < 4.78 is 5.75. The molecule has 2 aromatic carbocycles. The SMILES string of the molecule is CC[C@@H](Oc1cccc(Cl)c1)C(=O)NCCc1ccc(C(C)C)cc1. The Kier molecular flexibility index (Phi) is 7.32. The number of halogens is 1. The van der Waals surface area contributed by atoms with Crippen LogP contribution in [0.1, 0.15) is 44.2 Å². The van der Waals surface area contributed by atoms with Crippen LogP contribution in [0.2, 0.25) is 5.02 Å². The van der Waals surface area contributed by atoms with Crippen molar-refractivity contribution in [2.45, 2.75) is 45.6 Å². The average Bonchev–Trinajstić information content (AvgIpc) is 2.60. The highest BCUT2D eigenvalue weighted by Gasteiger charge is 2.17. The monoisotopic (exact) mass is 359 g/mol. The van der Waals surface area contributed by atoms with E-state index >= 15 is 0 Å². The molecule has 0 aliphatic rings. The number of hydrogen-bond donors (Lipinski definition) is 1. The topological polar surface area (TPSA) is 38.3 Å². The average molecular weight is 360 g/mol. The van der Waals surface area contributed by atoms with E-state index < -0.39 is 6.10 Å². The summed E-state index contributed by atoms with van der Waals surface area (Å²) in [5, 5.41) is 3.55. The molecule has 0 heterocycles. The van der Waals surface area contributed by atoms with Gasteiger partial charge in [0.25, 0.3) is 5.91 Å². The van der Waals surface area contributed by atoms with E-state index in [1.807, 2.05) is 13.0 Å². The third-order valence-corrected chi connectivity index (χ3v) is 4.33. The van der Waals surface area contributed by atoms with Gasteiger partial charge in [-0.05, 0) is 48.1 Å². The zero-order chi connectivity index (χ0) is 18.2. The molecule has 0 aromatic heterocycles. The first-order valence-corrected chi connectivity index (χ1v) is 9.16. The van der Waals surface area contributed by atoms with Gasteiger partial charge >= 0.3 is 0 Å². The molecule has 0 saturated heterocycles. The van der Waals surface area contributed by atoms with Crippen molar-refractivity contribution in [3.8, 4) is 5.75 Å². The van der Waals surface area contributed by atoms with Crippen LogP contribution < -0.4 is 10.1 Å². The maximum Gasteiger partial charge on any atom is 0.261 e. The summed E-state index contributed by atoms with van der Waals surface area (Å²) in [7, 11) is 0. The second-order valence-electron chi connectivity index (χ2n) is 6.41. The van der Waals surface area contributed by atoms with Crippen LogP contribution in [0.5, 0.6) is 5.75 Å². The molecule has 0 aliphatic carbocycles. The summed E-state index contributed by atoms with van der Waals surface area (Å²) in [4.78, 5) is 12.3. The van der Waals surface area contributed by atoms with Crippen molar-refractivity contribution in [2.24, 2.45) is 0 Å². The first kappa shape index (κ1) is 19.3. The lowest BCUT2D eigenvalue weighted by molar-refractivity contribution is -0.128. The van der Waals surface area contributed by atoms with Crippen molar-refractivity contribution in [1.29, 1.82) is 0 Å². The van der Waals surface area contributed by atoms with Gasteiger partial charge in [0.2, 0.25) is 0 Å². The molecule has 1 amide bonds. The standard InChI is InChI=1S/C21H26ClNO2/c1-4-20(25-19-7-5-6-18(22)14-19)21(24)23-13-12-16-8-10-17(11-9-16)15(2)3/h5-11,14-15,20H,4,12-13H2,1-3H3,(H,23,24)/t20-/m1/s1. The number of ether oxygens (including phenoxy) is 1. The fourth-order valence-electron chi connectivity index (χ4n) is 2.54. The van der Waals surface area contributed by atoms with Gasteiger partial charge < -0.3 is 10.1 Å². The molecule has 0 fully saturated rings. The minimum Gasteiger partial charge on any atom is -0.481 e. The lowest BCUT2D eigenvalue weighted by Crippen LogP contribution is -2.38. The zero-order valence-corrected chi connectivity index (χ0v) is 15.8. The molecule has 134 valence electrons. The number of carbonyl (C=O) groups excluding carboxylic acids is 1. The Morgan fingerprint density at radius 1 is 1.16 bits per heavy atom. The van der Waals surface area contributed by atoms with Crippen LogP contribution in [0.4, 0.5) is 0 Å². The van der Waals surface area contributed by atoms with E-state index in [0.717, 1.165) is 6.42 Å². The van der Waals surface area contributed by atoms with Crippen molar-refractivity contribution < 1.29 is 9.53 Å². The molecule has 0 spiro atoms. The summed E-state index contributed by atoms with van der Waals surface area (Å²) in [6.45, 7) is 6.88. The van der Waals surface area contributed by atoms with Crippen LogP contribution in [-0.4, -0.2) is 18.6 Å². The number of rotatable bonds is 8. The number of benzene rings is 2. The highest BCUT2D eigenvalue weighted by atomic mass is 35.5. The van der Waals surface area contributed by atoms with Gasteiger partial charge in [0.15, 0.2) is 6.10 Å². The lowest BCUT2D eigenvalue weighted by Gasteiger charge is -2.17. The molecule has 0 bridgehead atoms. The van der Waals surface area contributed by atoms with E-state index in [1.165, 1.54) is 11.1 Å². The maximum absolute atomic E-state index is 12.3. The molecule has 0 saturated carbocycles.